The average Bonchev–Trinajstić information content (AvgIpc) is 3.12. The van der Waals surface area contributed by atoms with Gasteiger partial charge in [0, 0.05) is 17.7 Å². The SMILES string of the molecule is COC(=O)c1c(Br)sc([C@H](C)C2CCC3(CC2)OCCO3)c1C. The highest BCUT2D eigenvalue weighted by atomic mass is 79.9. The van der Waals surface area contributed by atoms with Crippen molar-refractivity contribution in [3.8, 4) is 0 Å². The predicted octanol–water partition coefficient (Wildman–Crippen LogP) is 4.64. The van der Waals surface area contributed by atoms with Gasteiger partial charge in [0.25, 0.3) is 0 Å². The first-order chi connectivity index (χ1) is 11.0. The second kappa shape index (κ2) is 6.82. The third kappa shape index (κ3) is 3.23. The molecular formula is C17H23BrO4S. The largest absolute Gasteiger partial charge is 0.465 e. The highest BCUT2D eigenvalue weighted by Crippen LogP contribution is 2.47. The van der Waals surface area contributed by atoms with Crippen LogP contribution in [0.4, 0.5) is 0 Å². The van der Waals surface area contributed by atoms with Crippen LogP contribution in [-0.4, -0.2) is 32.1 Å². The summed E-state index contributed by atoms with van der Waals surface area (Å²) in [6, 6.07) is 0. The molecule has 0 bridgehead atoms. The molecule has 128 valence electrons. The number of carbonyl (C=O) groups excluding carboxylic acids is 1. The van der Waals surface area contributed by atoms with E-state index < -0.39 is 0 Å². The maximum atomic E-state index is 12.0. The van der Waals surface area contributed by atoms with Crippen molar-refractivity contribution in [2.75, 3.05) is 20.3 Å². The van der Waals surface area contributed by atoms with Crippen LogP contribution in [0.3, 0.4) is 0 Å². The van der Waals surface area contributed by atoms with Crippen LogP contribution in [0.5, 0.6) is 0 Å². The van der Waals surface area contributed by atoms with Crippen LogP contribution in [0.1, 0.15) is 59.3 Å². The van der Waals surface area contributed by atoms with Gasteiger partial charge in [-0.05, 0) is 53.1 Å². The highest BCUT2D eigenvalue weighted by molar-refractivity contribution is 9.11. The van der Waals surface area contributed by atoms with Gasteiger partial charge in [-0.25, -0.2) is 4.79 Å². The van der Waals surface area contributed by atoms with Gasteiger partial charge < -0.3 is 14.2 Å². The molecule has 1 aromatic heterocycles. The van der Waals surface area contributed by atoms with Gasteiger partial charge in [-0.1, -0.05) is 6.92 Å². The molecule has 1 saturated heterocycles. The molecule has 23 heavy (non-hydrogen) atoms. The van der Waals surface area contributed by atoms with Crippen LogP contribution in [-0.2, 0) is 14.2 Å². The van der Waals surface area contributed by atoms with E-state index in [1.807, 2.05) is 6.92 Å². The summed E-state index contributed by atoms with van der Waals surface area (Å²) in [4.78, 5) is 13.2. The van der Waals surface area contributed by atoms with Crippen molar-refractivity contribution in [2.45, 2.75) is 51.2 Å². The molecule has 0 N–H and O–H groups in total. The number of carbonyl (C=O) groups is 1. The van der Waals surface area contributed by atoms with Crippen LogP contribution in [0.25, 0.3) is 0 Å². The van der Waals surface area contributed by atoms with Crippen LogP contribution in [0, 0.1) is 12.8 Å². The predicted molar refractivity (Wildman–Crippen MR) is 93.1 cm³/mol. The third-order valence-electron chi connectivity index (χ3n) is 5.26. The molecule has 1 aromatic rings. The minimum absolute atomic E-state index is 0.264. The summed E-state index contributed by atoms with van der Waals surface area (Å²) in [5.74, 6) is 0.453. The Hall–Kier alpha value is -0.430. The Morgan fingerprint density at radius 3 is 2.52 bits per heavy atom. The van der Waals surface area contributed by atoms with Crippen LogP contribution < -0.4 is 0 Å². The molecule has 1 aliphatic heterocycles. The molecule has 1 saturated carbocycles. The van der Waals surface area contributed by atoms with Gasteiger partial charge in [-0.2, -0.15) is 0 Å². The molecule has 4 nitrogen and oxygen atoms in total. The van der Waals surface area contributed by atoms with E-state index >= 15 is 0 Å². The van der Waals surface area contributed by atoms with Gasteiger partial charge in [0.2, 0.25) is 0 Å². The summed E-state index contributed by atoms with van der Waals surface area (Å²) >= 11 is 5.19. The molecule has 3 rings (SSSR count). The molecule has 2 fully saturated rings. The van der Waals surface area contributed by atoms with Crippen molar-refractivity contribution >= 4 is 33.2 Å². The molecule has 0 amide bonds. The zero-order chi connectivity index (χ0) is 16.6. The van der Waals surface area contributed by atoms with E-state index in [-0.39, 0.29) is 11.8 Å². The van der Waals surface area contributed by atoms with E-state index in [0.717, 1.165) is 48.2 Å². The third-order valence-corrected chi connectivity index (χ3v) is 7.42. The zero-order valence-electron chi connectivity index (χ0n) is 13.8. The molecule has 0 unspecified atom stereocenters. The smallest absolute Gasteiger partial charge is 0.340 e. The Bertz CT molecular complexity index is 582. The summed E-state index contributed by atoms with van der Waals surface area (Å²) in [6.07, 6.45) is 4.14. The number of methoxy groups -OCH3 is 1. The van der Waals surface area contributed by atoms with Gasteiger partial charge >= 0.3 is 5.97 Å². The summed E-state index contributed by atoms with van der Waals surface area (Å²) in [5, 5.41) is 0. The lowest BCUT2D eigenvalue weighted by molar-refractivity contribution is -0.183. The number of halogens is 1. The number of hydrogen-bond donors (Lipinski definition) is 0. The van der Waals surface area contributed by atoms with E-state index in [2.05, 4.69) is 22.9 Å². The average molecular weight is 403 g/mol. The van der Waals surface area contributed by atoms with Crippen LogP contribution >= 0.6 is 27.3 Å². The van der Waals surface area contributed by atoms with Crippen molar-refractivity contribution in [3.05, 3.63) is 19.8 Å². The standard InChI is InChI=1S/C17H23BrO4S/c1-10(12-4-6-17(7-5-12)21-8-9-22-17)14-11(2)13(15(18)23-14)16(19)20-3/h10,12H,4-9H2,1-3H3/t10-/m1/s1. The maximum Gasteiger partial charge on any atom is 0.340 e. The Labute approximate surface area is 149 Å². The summed E-state index contributed by atoms with van der Waals surface area (Å²) in [6.45, 7) is 5.73. The normalized spacial score (nSPS) is 22.4. The Morgan fingerprint density at radius 1 is 1.35 bits per heavy atom. The molecule has 1 atom stereocenters. The monoisotopic (exact) mass is 402 g/mol. The van der Waals surface area contributed by atoms with Crippen molar-refractivity contribution in [3.63, 3.8) is 0 Å². The number of thiophene rings is 1. The molecule has 0 aromatic carbocycles. The molecule has 0 radical (unpaired) electrons. The molecule has 1 aliphatic carbocycles. The number of rotatable bonds is 3. The molecule has 2 heterocycles. The second-order valence-corrected chi connectivity index (χ2v) is 8.84. The number of esters is 1. The van der Waals surface area contributed by atoms with E-state index in [1.54, 1.807) is 11.3 Å². The first-order valence-electron chi connectivity index (χ1n) is 8.12. The van der Waals surface area contributed by atoms with Crippen molar-refractivity contribution in [1.82, 2.24) is 0 Å². The first-order valence-corrected chi connectivity index (χ1v) is 9.73. The summed E-state index contributed by atoms with van der Waals surface area (Å²) in [5.41, 5.74) is 1.73. The summed E-state index contributed by atoms with van der Waals surface area (Å²) < 4.78 is 17.4. The topological polar surface area (TPSA) is 44.8 Å². The summed E-state index contributed by atoms with van der Waals surface area (Å²) in [7, 11) is 1.43. The maximum absolute atomic E-state index is 12.0. The van der Waals surface area contributed by atoms with E-state index in [4.69, 9.17) is 14.2 Å². The minimum atomic E-state index is -0.307. The fourth-order valence-electron chi connectivity index (χ4n) is 3.84. The minimum Gasteiger partial charge on any atom is -0.465 e. The number of ether oxygens (including phenoxy) is 3. The molecular weight excluding hydrogens is 380 g/mol. The molecule has 1 spiro atoms. The van der Waals surface area contributed by atoms with E-state index in [1.165, 1.54) is 12.0 Å². The molecule has 6 heteroatoms. The first kappa shape index (κ1) is 17.4. The lowest BCUT2D eigenvalue weighted by Crippen LogP contribution is -2.36. The van der Waals surface area contributed by atoms with Gasteiger partial charge in [0.1, 0.15) is 0 Å². The van der Waals surface area contributed by atoms with Crippen molar-refractivity contribution in [2.24, 2.45) is 5.92 Å². The zero-order valence-corrected chi connectivity index (χ0v) is 16.2. The highest BCUT2D eigenvalue weighted by Gasteiger charge is 2.42. The van der Waals surface area contributed by atoms with E-state index in [0.29, 0.717) is 17.4 Å². The Balaban J connectivity index is 1.74. The van der Waals surface area contributed by atoms with Gasteiger partial charge in [-0.15, -0.1) is 11.3 Å². The quantitative estimate of drug-likeness (QED) is 0.690. The van der Waals surface area contributed by atoms with E-state index in [9.17, 15) is 4.79 Å². The lowest BCUT2D eigenvalue weighted by Gasteiger charge is -2.37. The van der Waals surface area contributed by atoms with Gasteiger partial charge in [0.05, 0.1) is 29.7 Å². The second-order valence-electron chi connectivity index (χ2n) is 6.47. The van der Waals surface area contributed by atoms with Crippen molar-refractivity contribution < 1.29 is 19.0 Å². The fourth-order valence-corrected chi connectivity index (χ4v) is 5.99. The Kier molecular flexibility index (Phi) is 5.16. The van der Waals surface area contributed by atoms with Gasteiger partial charge in [0.15, 0.2) is 5.79 Å². The number of hydrogen-bond acceptors (Lipinski definition) is 5. The van der Waals surface area contributed by atoms with Crippen LogP contribution in [0.2, 0.25) is 0 Å². The van der Waals surface area contributed by atoms with Crippen LogP contribution in [0.15, 0.2) is 3.79 Å². The van der Waals surface area contributed by atoms with Gasteiger partial charge in [-0.3, -0.25) is 0 Å². The van der Waals surface area contributed by atoms with Crippen molar-refractivity contribution in [1.29, 1.82) is 0 Å². The molecule has 2 aliphatic rings. The fraction of sp³-hybridized carbons (Fsp3) is 0.706. The Morgan fingerprint density at radius 2 is 1.96 bits per heavy atom. The lowest BCUT2D eigenvalue weighted by atomic mass is 9.77.